The number of hydrogen-bond acceptors (Lipinski definition) is 5. The second kappa shape index (κ2) is 11.0. The number of benzene rings is 2. The molecule has 0 radical (unpaired) electrons. The third-order valence-corrected chi connectivity index (χ3v) is 7.40. The van der Waals surface area contributed by atoms with Crippen LogP contribution in [0.4, 0.5) is 4.39 Å². The average Bonchev–Trinajstić information content (AvgIpc) is 2.79. The van der Waals surface area contributed by atoms with Gasteiger partial charge in [-0.2, -0.15) is 0 Å². The summed E-state index contributed by atoms with van der Waals surface area (Å²) in [5.74, 6) is -0.0429. The fraction of sp³-hybridized carbons (Fsp3) is 0.458. The van der Waals surface area contributed by atoms with Crippen LogP contribution in [0, 0.1) is 11.7 Å². The second-order valence-corrected chi connectivity index (χ2v) is 10.4. The fourth-order valence-electron chi connectivity index (χ4n) is 3.81. The van der Waals surface area contributed by atoms with Crippen molar-refractivity contribution in [1.82, 2.24) is 9.62 Å². The highest BCUT2D eigenvalue weighted by atomic mass is 32.2. The zero-order chi connectivity index (χ0) is 24.0. The zero-order valence-corrected chi connectivity index (χ0v) is 20.0. The lowest BCUT2D eigenvalue weighted by Crippen LogP contribution is -2.43. The van der Waals surface area contributed by atoms with Gasteiger partial charge in [0.2, 0.25) is 15.9 Å². The molecule has 180 valence electrons. The summed E-state index contributed by atoms with van der Waals surface area (Å²) in [5.41, 5.74) is 1.03. The number of halogens is 1. The van der Waals surface area contributed by atoms with Crippen molar-refractivity contribution >= 4 is 15.9 Å². The van der Waals surface area contributed by atoms with Crippen molar-refractivity contribution in [2.45, 2.75) is 45.1 Å². The minimum atomic E-state index is -3.65. The SMILES string of the molecule is COc1cc(CNC(=O)C2CCN(S(=O)(=O)Cc3ccccc3F)CC2)ccc1OC(C)C. The highest BCUT2D eigenvalue weighted by Gasteiger charge is 2.31. The van der Waals surface area contributed by atoms with Gasteiger partial charge in [0, 0.05) is 31.1 Å². The van der Waals surface area contributed by atoms with E-state index in [0.717, 1.165) is 5.56 Å². The highest BCUT2D eigenvalue weighted by Crippen LogP contribution is 2.29. The average molecular weight is 479 g/mol. The lowest BCUT2D eigenvalue weighted by molar-refractivity contribution is -0.126. The number of carbonyl (C=O) groups excluding carboxylic acids is 1. The van der Waals surface area contributed by atoms with E-state index in [1.807, 2.05) is 32.0 Å². The van der Waals surface area contributed by atoms with Gasteiger partial charge in [0.1, 0.15) is 5.82 Å². The Morgan fingerprint density at radius 1 is 1.15 bits per heavy atom. The van der Waals surface area contributed by atoms with E-state index in [9.17, 15) is 17.6 Å². The van der Waals surface area contributed by atoms with Crippen molar-refractivity contribution in [1.29, 1.82) is 0 Å². The molecule has 33 heavy (non-hydrogen) atoms. The van der Waals surface area contributed by atoms with Crippen molar-refractivity contribution < 1.29 is 27.1 Å². The Morgan fingerprint density at radius 2 is 1.85 bits per heavy atom. The Hall–Kier alpha value is -2.65. The second-order valence-electron chi connectivity index (χ2n) is 8.39. The minimum absolute atomic E-state index is 0.0193. The van der Waals surface area contributed by atoms with Gasteiger partial charge in [-0.3, -0.25) is 4.79 Å². The molecular weight excluding hydrogens is 447 g/mol. The number of ether oxygens (including phenoxy) is 2. The maximum absolute atomic E-state index is 13.9. The molecule has 0 aromatic heterocycles. The van der Waals surface area contributed by atoms with Gasteiger partial charge in [0.05, 0.1) is 19.0 Å². The molecule has 0 atom stereocenters. The molecule has 1 saturated heterocycles. The summed E-state index contributed by atoms with van der Waals surface area (Å²) in [6.45, 7) is 4.69. The van der Waals surface area contributed by atoms with Crippen molar-refractivity contribution in [3.8, 4) is 11.5 Å². The van der Waals surface area contributed by atoms with E-state index in [2.05, 4.69) is 5.32 Å². The predicted octanol–water partition coefficient (Wildman–Crippen LogP) is 3.48. The van der Waals surface area contributed by atoms with E-state index in [1.54, 1.807) is 13.2 Å². The monoisotopic (exact) mass is 478 g/mol. The Balaban J connectivity index is 1.52. The molecule has 0 spiro atoms. The van der Waals surface area contributed by atoms with Crippen molar-refractivity contribution in [3.63, 3.8) is 0 Å². The van der Waals surface area contributed by atoms with Gasteiger partial charge in [-0.15, -0.1) is 0 Å². The van der Waals surface area contributed by atoms with Crippen LogP contribution in [0.2, 0.25) is 0 Å². The summed E-state index contributed by atoms with van der Waals surface area (Å²) in [7, 11) is -2.08. The Morgan fingerprint density at radius 3 is 2.48 bits per heavy atom. The summed E-state index contributed by atoms with van der Waals surface area (Å²) in [6, 6.07) is 11.4. The zero-order valence-electron chi connectivity index (χ0n) is 19.2. The molecule has 0 saturated carbocycles. The summed E-state index contributed by atoms with van der Waals surface area (Å²) in [5, 5.41) is 2.93. The van der Waals surface area contributed by atoms with Gasteiger partial charge in [-0.1, -0.05) is 24.3 Å². The van der Waals surface area contributed by atoms with Crippen molar-refractivity contribution in [3.05, 3.63) is 59.4 Å². The van der Waals surface area contributed by atoms with E-state index in [4.69, 9.17) is 9.47 Å². The van der Waals surface area contributed by atoms with E-state index in [-0.39, 0.29) is 42.3 Å². The first-order valence-electron chi connectivity index (χ1n) is 11.0. The van der Waals surface area contributed by atoms with Crippen molar-refractivity contribution in [2.24, 2.45) is 5.92 Å². The number of amides is 1. The molecule has 0 unspecified atom stereocenters. The minimum Gasteiger partial charge on any atom is -0.493 e. The van der Waals surface area contributed by atoms with Gasteiger partial charge in [0.15, 0.2) is 11.5 Å². The molecule has 1 N–H and O–H groups in total. The standard InChI is InChI=1S/C24H31FN2O5S/c1-17(2)32-22-9-8-18(14-23(22)31-3)15-26-24(28)19-10-12-27(13-11-19)33(29,30)16-20-6-4-5-7-21(20)25/h4-9,14,17,19H,10-13,15-16H2,1-3H3,(H,26,28). The third kappa shape index (κ3) is 6.68. The number of hydrogen-bond donors (Lipinski definition) is 1. The summed E-state index contributed by atoms with van der Waals surface area (Å²) in [4.78, 5) is 12.6. The van der Waals surface area contributed by atoms with Gasteiger partial charge < -0.3 is 14.8 Å². The van der Waals surface area contributed by atoms with E-state index < -0.39 is 15.8 Å². The number of nitrogens with one attached hydrogen (secondary N) is 1. The first-order chi connectivity index (χ1) is 15.7. The maximum atomic E-state index is 13.9. The normalized spacial score (nSPS) is 15.4. The van der Waals surface area contributed by atoms with Crippen LogP contribution >= 0.6 is 0 Å². The van der Waals surface area contributed by atoms with Crippen LogP contribution in [0.25, 0.3) is 0 Å². The molecule has 1 fully saturated rings. The van der Waals surface area contributed by atoms with E-state index in [0.29, 0.717) is 30.9 Å². The van der Waals surface area contributed by atoms with E-state index >= 15 is 0 Å². The lowest BCUT2D eigenvalue weighted by Gasteiger charge is -2.30. The van der Waals surface area contributed by atoms with Crippen LogP contribution in [0.5, 0.6) is 11.5 Å². The molecule has 1 heterocycles. The number of piperidine rings is 1. The molecule has 0 bridgehead atoms. The number of nitrogens with zero attached hydrogens (tertiary/aromatic N) is 1. The summed E-state index contributed by atoms with van der Waals surface area (Å²) in [6.07, 6.45) is 0.866. The predicted molar refractivity (Wildman–Crippen MR) is 124 cm³/mol. The Kier molecular flexibility index (Phi) is 8.31. The molecule has 9 heteroatoms. The molecule has 1 aliphatic heterocycles. The van der Waals surface area contributed by atoms with Crippen LogP contribution in [0.15, 0.2) is 42.5 Å². The first kappa shape index (κ1) is 25.0. The van der Waals surface area contributed by atoms with Gasteiger partial charge in [-0.05, 0) is 50.5 Å². The van der Waals surface area contributed by atoms with Crippen LogP contribution < -0.4 is 14.8 Å². The topological polar surface area (TPSA) is 84.9 Å². The Labute approximate surface area is 194 Å². The van der Waals surface area contributed by atoms with Crippen LogP contribution in [0.1, 0.15) is 37.8 Å². The van der Waals surface area contributed by atoms with Crippen LogP contribution in [-0.2, 0) is 27.1 Å². The number of methoxy groups -OCH3 is 1. The van der Waals surface area contributed by atoms with Crippen LogP contribution in [-0.4, -0.2) is 44.9 Å². The fourth-order valence-corrected chi connectivity index (χ4v) is 5.38. The quantitative estimate of drug-likeness (QED) is 0.597. The number of sulfonamides is 1. The number of carbonyl (C=O) groups is 1. The summed E-state index contributed by atoms with van der Waals surface area (Å²) < 4.78 is 51.7. The smallest absolute Gasteiger partial charge is 0.223 e. The molecule has 2 aromatic rings. The molecule has 2 aromatic carbocycles. The van der Waals surface area contributed by atoms with Crippen molar-refractivity contribution in [2.75, 3.05) is 20.2 Å². The molecule has 1 amide bonds. The molecule has 7 nitrogen and oxygen atoms in total. The molecule has 1 aliphatic rings. The van der Waals surface area contributed by atoms with Gasteiger partial charge >= 0.3 is 0 Å². The Bertz CT molecular complexity index is 1070. The number of rotatable bonds is 9. The lowest BCUT2D eigenvalue weighted by atomic mass is 9.97. The third-order valence-electron chi connectivity index (χ3n) is 5.57. The first-order valence-corrected chi connectivity index (χ1v) is 12.6. The molecular formula is C24H31FN2O5S. The van der Waals surface area contributed by atoms with Gasteiger partial charge in [-0.25, -0.2) is 17.1 Å². The molecule has 3 rings (SSSR count). The van der Waals surface area contributed by atoms with Crippen LogP contribution in [0.3, 0.4) is 0 Å². The largest absolute Gasteiger partial charge is 0.493 e. The summed E-state index contributed by atoms with van der Waals surface area (Å²) >= 11 is 0. The highest BCUT2D eigenvalue weighted by molar-refractivity contribution is 7.88. The maximum Gasteiger partial charge on any atom is 0.223 e. The van der Waals surface area contributed by atoms with Gasteiger partial charge in [0.25, 0.3) is 0 Å². The molecule has 0 aliphatic carbocycles. The van der Waals surface area contributed by atoms with E-state index in [1.165, 1.54) is 22.5 Å².